The van der Waals surface area contributed by atoms with Gasteiger partial charge in [-0.25, -0.2) is 4.39 Å². The third kappa shape index (κ3) is 1.57. The zero-order valence-corrected chi connectivity index (χ0v) is 6.17. The number of rotatable bonds is 1. The summed E-state index contributed by atoms with van der Waals surface area (Å²) in [5.41, 5.74) is 0. The molecule has 5 atom stereocenters. The lowest BCUT2D eigenvalue weighted by Crippen LogP contribution is -2.56. The molecule has 0 aromatic rings. The van der Waals surface area contributed by atoms with Gasteiger partial charge in [0.25, 0.3) is 0 Å². The summed E-state index contributed by atoms with van der Waals surface area (Å²) in [6.45, 7) is -0.606. The maximum atomic E-state index is 12.8. The van der Waals surface area contributed by atoms with Crippen LogP contribution >= 0.6 is 0 Å². The topological polar surface area (TPSA) is 90.2 Å². The van der Waals surface area contributed by atoms with Gasteiger partial charge in [-0.2, -0.15) is 0 Å². The van der Waals surface area contributed by atoms with E-state index in [9.17, 15) is 4.39 Å². The molecule has 0 aromatic heterocycles. The average Bonchev–Trinajstić information content (AvgIpc) is 2.08. The van der Waals surface area contributed by atoms with Gasteiger partial charge >= 0.3 is 0 Å². The van der Waals surface area contributed by atoms with E-state index in [2.05, 4.69) is 4.74 Å². The van der Waals surface area contributed by atoms with Gasteiger partial charge in [0.15, 0.2) is 12.5 Å². The molecular weight excluding hydrogens is 171 g/mol. The van der Waals surface area contributed by atoms with E-state index in [-0.39, 0.29) is 0 Å². The summed E-state index contributed by atoms with van der Waals surface area (Å²) >= 11 is 0. The molecule has 12 heavy (non-hydrogen) atoms. The minimum absolute atomic E-state index is 0.606. The molecule has 0 spiro atoms. The number of ether oxygens (including phenoxy) is 1. The second kappa shape index (κ2) is 3.63. The first-order valence-corrected chi connectivity index (χ1v) is 3.52. The third-order valence-corrected chi connectivity index (χ3v) is 1.82. The quantitative estimate of drug-likeness (QED) is 0.368. The Morgan fingerprint density at radius 1 is 1.17 bits per heavy atom. The van der Waals surface area contributed by atoms with Crippen molar-refractivity contribution in [1.29, 1.82) is 0 Å². The van der Waals surface area contributed by atoms with E-state index in [4.69, 9.17) is 20.4 Å². The molecule has 1 aliphatic heterocycles. The summed E-state index contributed by atoms with van der Waals surface area (Å²) in [7, 11) is 0. The van der Waals surface area contributed by atoms with Crippen molar-refractivity contribution >= 4 is 0 Å². The number of alkyl halides is 1. The van der Waals surface area contributed by atoms with Crippen LogP contribution in [0.15, 0.2) is 0 Å². The average molecular weight is 182 g/mol. The van der Waals surface area contributed by atoms with Crippen molar-refractivity contribution in [1.82, 2.24) is 0 Å². The fraction of sp³-hybridized carbons (Fsp3) is 1.00. The first-order chi connectivity index (χ1) is 5.57. The van der Waals surface area contributed by atoms with Crippen molar-refractivity contribution in [2.24, 2.45) is 0 Å². The van der Waals surface area contributed by atoms with Crippen molar-refractivity contribution < 1.29 is 29.6 Å². The van der Waals surface area contributed by atoms with Crippen LogP contribution in [0.4, 0.5) is 4.39 Å². The molecule has 1 saturated heterocycles. The molecule has 1 heterocycles. The maximum absolute atomic E-state index is 12.8. The fourth-order valence-electron chi connectivity index (χ4n) is 1.06. The molecule has 6 heteroatoms. The predicted molar refractivity (Wildman–Crippen MR) is 34.9 cm³/mol. The fourth-order valence-corrected chi connectivity index (χ4v) is 1.06. The van der Waals surface area contributed by atoms with E-state index < -0.39 is 37.4 Å². The Labute approximate surface area is 68.0 Å². The highest BCUT2D eigenvalue weighted by Crippen LogP contribution is 2.21. The number of aliphatic hydroxyl groups excluding tert-OH is 4. The lowest BCUT2D eigenvalue weighted by molar-refractivity contribution is -0.274. The zero-order valence-electron chi connectivity index (χ0n) is 6.17. The predicted octanol–water partition coefficient (Wildman–Crippen LogP) is -2.24. The molecule has 1 aliphatic rings. The summed E-state index contributed by atoms with van der Waals surface area (Å²) in [5.74, 6) is 0. The first kappa shape index (κ1) is 9.82. The van der Waals surface area contributed by atoms with Crippen LogP contribution in [-0.2, 0) is 4.74 Å². The van der Waals surface area contributed by atoms with Crippen LogP contribution in [0.1, 0.15) is 0 Å². The van der Waals surface area contributed by atoms with Crippen LogP contribution in [0.2, 0.25) is 0 Å². The molecule has 0 radical (unpaired) electrons. The van der Waals surface area contributed by atoms with Gasteiger partial charge in [0.05, 0.1) is 6.61 Å². The van der Waals surface area contributed by atoms with Crippen LogP contribution in [0.3, 0.4) is 0 Å². The minimum atomic E-state index is -1.99. The van der Waals surface area contributed by atoms with Gasteiger partial charge in [-0.3, -0.25) is 0 Å². The van der Waals surface area contributed by atoms with Gasteiger partial charge in [-0.1, -0.05) is 0 Å². The Morgan fingerprint density at radius 2 is 1.75 bits per heavy atom. The zero-order chi connectivity index (χ0) is 9.30. The molecule has 5 nitrogen and oxygen atoms in total. The number of aliphatic hydroxyl groups is 4. The van der Waals surface area contributed by atoms with Crippen molar-refractivity contribution in [3.63, 3.8) is 0 Å². The first-order valence-electron chi connectivity index (χ1n) is 3.52. The molecule has 0 aliphatic carbocycles. The second-order valence-electron chi connectivity index (χ2n) is 2.67. The van der Waals surface area contributed by atoms with Gasteiger partial charge in [-0.15, -0.1) is 0 Å². The highest BCUT2D eigenvalue weighted by Gasteiger charge is 2.43. The summed E-state index contributed by atoms with van der Waals surface area (Å²) in [6, 6.07) is 0. The maximum Gasteiger partial charge on any atom is 0.184 e. The van der Waals surface area contributed by atoms with Gasteiger partial charge in [0, 0.05) is 0 Å². The molecule has 72 valence electrons. The van der Waals surface area contributed by atoms with E-state index >= 15 is 0 Å². The number of hydrogen-bond acceptors (Lipinski definition) is 5. The Hall–Kier alpha value is -0.270. The standard InChI is InChI=1S/C6H11FO5/c7-3-4(9)2(1-8)12-6(11)5(3)10/h2-6,8-11H,1H2/t2-,3-,4-,5+,6-/m0/s1. The van der Waals surface area contributed by atoms with Crippen LogP contribution in [0, 0.1) is 0 Å². The largest absolute Gasteiger partial charge is 0.394 e. The SMILES string of the molecule is OC[C@@H]1O[C@H](O)[C@H](O)[C@@H](F)[C@H]1O. The normalized spacial score (nSPS) is 49.2. The molecule has 0 aromatic carbocycles. The molecule has 0 amide bonds. The Bertz CT molecular complexity index is 150. The van der Waals surface area contributed by atoms with E-state index in [1.807, 2.05) is 0 Å². The summed E-state index contributed by atoms with van der Waals surface area (Å²) in [4.78, 5) is 0. The van der Waals surface area contributed by atoms with Gasteiger partial charge in [0.1, 0.15) is 18.3 Å². The molecule has 0 unspecified atom stereocenters. The second-order valence-corrected chi connectivity index (χ2v) is 2.67. The van der Waals surface area contributed by atoms with E-state index in [0.29, 0.717) is 0 Å². The van der Waals surface area contributed by atoms with Crippen LogP contribution < -0.4 is 0 Å². The number of halogens is 1. The van der Waals surface area contributed by atoms with Crippen LogP contribution in [-0.4, -0.2) is 57.8 Å². The molecule has 1 fully saturated rings. The summed E-state index contributed by atoms with van der Waals surface area (Å²) in [6.07, 6.45) is -8.24. The van der Waals surface area contributed by atoms with Crippen molar-refractivity contribution in [3.05, 3.63) is 0 Å². The highest BCUT2D eigenvalue weighted by molar-refractivity contribution is 4.88. The summed E-state index contributed by atoms with van der Waals surface area (Å²) in [5, 5.41) is 35.2. The Kier molecular flexibility index (Phi) is 2.97. The van der Waals surface area contributed by atoms with Crippen molar-refractivity contribution in [2.45, 2.75) is 30.8 Å². The van der Waals surface area contributed by atoms with E-state index in [0.717, 1.165) is 0 Å². The van der Waals surface area contributed by atoms with E-state index in [1.165, 1.54) is 0 Å². The third-order valence-electron chi connectivity index (χ3n) is 1.82. The van der Waals surface area contributed by atoms with Crippen LogP contribution in [0.5, 0.6) is 0 Å². The van der Waals surface area contributed by atoms with Gasteiger partial charge in [-0.05, 0) is 0 Å². The Morgan fingerprint density at radius 3 is 2.25 bits per heavy atom. The van der Waals surface area contributed by atoms with E-state index in [1.54, 1.807) is 0 Å². The molecule has 0 saturated carbocycles. The molecule has 0 bridgehead atoms. The smallest absolute Gasteiger partial charge is 0.184 e. The van der Waals surface area contributed by atoms with Crippen LogP contribution in [0.25, 0.3) is 0 Å². The van der Waals surface area contributed by atoms with Crippen molar-refractivity contribution in [3.8, 4) is 0 Å². The van der Waals surface area contributed by atoms with Crippen molar-refractivity contribution in [2.75, 3.05) is 6.61 Å². The Balaban J connectivity index is 2.63. The van der Waals surface area contributed by atoms with Gasteiger partial charge in [0.2, 0.25) is 0 Å². The lowest BCUT2D eigenvalue weighted by atomic mass is 10.0. The number of hydrogen-bond donors (Lipinski definition) is 4. The van der Waals surface area contributed by atoms with Gasteiger partial charge < -0.3 is 25.2 Å². The molecule has 4 N–H and O–H groups in total. The minimum Gasteiger partial charge on any atom is -0.394 e. The molecular formula is C6H11FO5. The molecule has 1 rings (SSSR count). The lowest BCUT2D eigenvalue weighted by Gasteiger charge is -2.36. The summed E-state index contributed by atoms with van der Waals surface area (Å²) < 4.78 is 17.3. The monoisotopic (exact) mass is 182 g/mol. The highest BCUT2D eigenvalue weighted by atomic mass is 19.1.